The number of methoxy groups -OCH3 is 1. The average Bonchev–Trinajstić information content (AvgIpc) is 2.72. The van der Waals surface area contributed by atoms with Gasteiger partial charge in [-0.05, 0) is 24.1 Å². The Labute approximate surface area is 167 Å². The Morgan fingerprint density at radius 3 is 2.57 bits per heavy atom. The first-order valence-corrected chi connectivity index (χ1v) is 9.50. The Bertz CT molecular complexity index is 720. The fourth-order valence-electron chi connectivity index (χ4n) is 2.58. The third-order valence-corrected chi connectivity index (χ3v) is 4.09. The van der Waals surface area contributed by atoms with Gasteiger partial charge in [0.2, 0.25) is 0 Å². The SMILES string of the molecule is CN=C(NCCOCc1ccccc1)NCc1ccc(C)cc1OCCOC. The van der Waals surface area contributed by atoms with E-state index in [1.807, 2.05) is 24.3 Å². The minimum Gasteiger partial charge on any atom is -0.491 e. The molecule has 2 rings (SSSR count). The quantitative estimate of drug-likeness (QED) is 0.354. The Hall–Kier alpha value is -2.57. The zero-order chi connectivity index (χ0) is 20.0. The Morgan fingerprint density at radius 2 is 1.82 bits per heavy atom. The molecule has 0 spiro atoms. The normalized spacial score (nSPS) is 11.3. The van der Waals surface area contributed by atoms with Crippen LogP contribution < -0.4 is 15.4 Å². The lowest BCUT2D eigenvalue weighted by molar-refractivity contribution is 0.125. The van der Waals surface area contributed by atoms with Gasteiger partial charge in [-0.25, -0.2) is 0 Å². The summed E-state index contributed by atoms with van der Waals surface area (Å²) in [4.78, 5) is 4.26. The molecular formula is C22H31N3O3. The third kappa shape index (κ3) is 7.98. The molecule has 2 aromatic carbocycles. The van der Waals surface area contributed by atoms with Crippen LogP contribution in [-0.4, -0.2) is 46.5 Å². The second-order valence-electron chi connectivity index (χ2n) is 6.34. The van der Waals surface area contributed by atoms with Crippen LogP contribution in [0, 0.1) is 6.92 Å². The van der Waals surface area contributed by atoms with Crippen LogP contribution in [0.2, 0.25) is 0 Å². The van der Waals surface area contributed by atoms with E-state index < -0.39 is 0 Å². The van der Waals surface area contributed by atoms with Crippen LogP contribution in [0.15, 0.2) is 53.5 Å². The maximum absolute atomic E-state index is 5.83. The van der Waals surface area contributed by atoms with Gasteiger partial charge >= 0.3 is 0 Å². The first kappa shape index (κ1) is 21.7. The van der Waals surface area contributed by atoms with Crippen LogP contribution in [0.25, 0.3) is 0 Å². The van der Waals surface area contributed by atoms with Gasteiger partial charge in [-0.1, -0.05) is 42.5 Å². The van der Waals surface area contributed by atoms with Gasteiger partial charge in [0.15, 0.2) is 5.96 Å². The maximum Gasteiger partial charge on any atom is 0.191 e. The smallest absolute Gasteiger partial charge is 0.191 e. The van der Waals surface area contributed by atoms with Crippen molar-refractivity contribution in [1.82, 2.24) is 10.6 Å². The summed E-state index contributed by atoms with van der Waals surface area (Å²) in [5.74, 6) is 1.60. The summed E-state index contributed by atoms with van der Waals surface area (Å²) in [5.41, 5.74) is 3.41. The second kappa shape index (κ2) is 12.8. The zero-order valence-corrected chi connectivity index (χ0v) is 17.0. The van der Waals surface area contributed by atoms with Gasteiger partial charge in [-0.15, -0.1) is 0 Å². The highest BCUT2D eigenvalue weighted by Crippen LogP contribution is 2.20. The molecule has 28 heavy (non-hydrogen) atoms. The fraction of sp³-hybridized carbons (Fsp3) is 0.409. The number of ether oxygens (including phenoxy) is 3. The molecule has 2 N–H and O–H groups in total. The molecule has 0 fully saturated rings. The molecule has 0 saturated heterocycles. The van der Waals surface area contributed by atoms with Gasteiger partial charge in [0.1, 0.15) is 12.4 Å². The minimum absolute atomic E-state index is 0.526. The molecule has 0 saturated carbocycles. The number of hydrogen-bond acceptors (Lipinski definition) is 4. The molecule has 6 heteroatoms. The van der Waals surface area contributed by atoms with E-state index in [1.54, 1.807) is 14.2 Å². The number of aryl methyl sites for hydroxylation is 1. The topological polar surface area (TPSA) is 64.1 Å². The highest BCUT2D eigenvalue weighted by atomic mass is 16.5. The molecule has 6 nitrogen and oxygen atoms in total. The van der Waals surface area contributed by atoms with Crippen molar-refractivity contribution in [2.24, 2.45) is 4.99 Å². The lowest BCUT2D eigenvalue weighted by Gasteiger charge is -2.15. The van der Waals surface area contributed by atoms with E-state index in [-0.39, 0.29) is 0 Å². The number of benzene rings is 2. The second-order valence-corrected chi connectivity index (χ2v) is 6.34. The molecule has 0 bridgehead atoms. The van der Waals surface area contributed by atoms with Crippen molar-refractivity contribution >= 4 is 5.96 Å². The van der Waals surface area contributed by atoms with Crippen LogP contribution in [0.4, 0.5) is 0 Å². The van der Waals surface area contributed by atoms with Crippen molar-refractivity contribution < 1.29 is 14.2 Å². The van der Waals surface area contributed by atoms with E-state index in [0.717, 1.165) is 22.8 Å². The molecule has 152 valence electrons. The van der Waals surface area contributed by atoms with E-state index in [4.69, 9.17) is 14.2 Å². The van der Waals surface area contributed by atoms with Crippen LogP contribution >= 0.6 is 0 Å². The molecule has 0 heterocycles. The molecule has 0 aliphatic carbocycles. The lowest BCUT2D eigenvalue weighted by atomic mass is 10.1. The van der Waals surface area contributed by atoms with Gasteiger partial charge in [0, 0.05) is 32.8 Å². The summed E-state index contributed by atoms with van der Waals surface area (Å²) < 4.78 is 16.6. The molecule has 0 aliphatic rings. The fourth-order valence-corrected chi connectivity index (χ4v) is 2.58. The zero-order valence-electron chi connectivity index (χ0n) is 17.0. The summed E-state index contributed by atoms with van der Waals surface area (Å²) in [5, 5.41) is 6.58. The van der Waals surface area contributed by atoms with Crippen molar-refractivity contribution in [2.75, 3.05) is 40.5 Å². The standard InChI is InChI=1S/C22H31N3O3/c1-18-9-10-20(21(15-18)28-14-13-26-3)16-25-22(23-2)24-11-12-27-17-19-7-5-4-6-8-19/h4-10,15H,11-14,16-17H2,1-3H3,(H2,23,24,25). The molecule has 0 atom stereocenters. The average molecular weight is 386 g/mol. The van der Waals surface area contributed by atoms with Crippen LogP contribution in [0.3, 0.4) is 0 Å². The van der Waals surface area contributed by atoms with E-state index in [2.05, 4.69) is 46.8 Å². The third-order valence-electron chi connectivity index (χ3n) is 4.09. The van der Waals surface area contributed by atoms with Gasteiger partial charge < -0.3 is 24.8 Å². The molecule has 0 amide bonds. The summed E-state index contributed by atoms with van der Waals surface area (Å²) in [6, 6.07) is 16.3. The number of nitrogens with one attached hydrogen (secondary N) is 2. The monoisotopic (exact) mass is 385 g/mol. The predicted octanol–water partition coefficient (Wildman–Crippen LogP) is 2.90. The van der Waals surface area contributed by atoms with Gasteiger partial charge in [0.05, 0.1) is 19.8 Å². The number of aliphatic imine (C=N–C) groups is 1. The Morgan fingerprint density at radius 1 is 1.00 bits per heavy atom. The largest absolute Gasteiger partial charge is 0.491 e. The van der Waals surface area contributed by atoms with Crippen molar-refractivity contribution in [2.45, 2.75) is 20.1 Å². The Balaban J connectivity index is 1.74. The molecule has 0 aromatic heterocycles. The van der Waals surface area contributed by atoms with Gasteiger partial charge in [-0.2, -0.15) is 0 Å². The summed E-state index contributed by atoms with van der Waals surface area (Å²) in [6.07, 6.45) is 0. The molecule has 2 aromatic rings. The summed E-state index contributed by atoms with van der Waals surface area (Å²) in [6.45, 7) is 5.65. The van der Waals surface area contributed by atoms with E-state index >= 15 is 0 Å². The summed E-state index contributed by atoms with van der Waals surface area (Å²) >= 11 is 0. The molecule has 0 radical (unpaired) electrons. The molecular weight excluding hydrogens is 354 g/mol. The molecule has 0 unspecified atom stereocenters. The van der Waals surface area contributed by atoms with E-state index in [0.29, 0.717) is 39.5 Å². The predicted molar refractivity (Wildman–Crippen MR) is 113 cm³/mol. The number of nitrogens with zero attached hydrogens (tertiary/aromatic N) is 1. The first-order valence-electron chi connectivity index (χ1n) is 9.50. The van der Waals surface area contributed by atoms with Crippen molar-refractivity contribution in [1.29, 1.82) is 0 Å². The Kier molecular flexibility index (Phi) is 9.89. The maximum atomic E-state index is 5.83. The lowest BCUT2D eigenvalue weighted by Crippen LogP contribution is -2.38. The summed E-state index contributed by atoms with van der Waals surface area (Å²) in [7, 11) is 3.42. The van der Waals surface area contributed by atoms with Gasteiger partial charge in [-0.3, -0.25) is 4.99 Å². The van der Waals surface area contributed by atoms with Crippen LogP contribution in [0.1, 0.15) is 16.7 Å². The minimum atomic E-state index is 0.526. The van der Waals surface area contributed by atoms with Gasteiger partial charge in [0.25, 0.3) is 0 Å². The number of hydrogen-bond donors (Lipinski definition) is 2. The molecule has 0 aliphatic heterocycles. The first-order chi connectivity index (χ1) is 13.7. The van der Waals surface area contributed by atoms with Crippen molar-refractivity contribution in [3.8, 4) is 5.75 Å². The highest BCUT2D eigenvalue weighted by molar-refractivity contribution is 5.79. The number of rotatable bonds is 11. The number of guanidine groups is 1. The van der Waals surface area contributed by atoms with Crippen molar-refractivity contribution in [3.05, 3.63) is 65.2 Å². The van der Waals surface area contributed by atoms with Crippen LogP contribution in [0.5, 0.6) is 5.75 Å². The van der Waals surface area contributed by atoms with Crippen molar-refractivity contribution in [3.63, 3.8) is 0 Å². The van der Waals surface area contributed by atoms with E-state index in [1.165, 1.54) is 5.56 Å². The highest BCUT2D eigenvalue weighted by Gasteiger charge is 2.06. The van der Waals surface area contributed by atoms with E-state index in [9.17, 15) is 0 Å². The van der Waals surface area contributed by atoms with Crippen LogP contribution in [-0.2, 0) is 22.6 Å².